The second-order valence-electron chi connectivity index (χ2n) is 6.07. The van der Waals surface area contributed by atoms with Gasteiger partial charge in [0.05, 0.1) is 31.7 Å². The summed E-state index contributed by atoms with van der Waals surface area (Å²) in [5.41, 5.74) is 1.76. The lowest BCUT2D eigenvalue weighted by Crippen LogP contribution is -2.63. The van der Waals surface area contributed by atoms with Crippen LogP contribution in [0.3, 0.4) is 0 Å². The molecule has 2 rings (SSSR count). The first-order chi connectivity index (χ1) is 9.93. The van der Waals surface area contributed by atoms with Gasteiger partial charge in [0.25, 0.3) is 0 Å². The van der Waals surface area contributed by atoms with Crippen LogP contribution in [-0.2, 0) is 4.79 Å². The van der Waals surface area contributed by atoms with E-state index < -0.39 is 5.60 Å². The van der Waals surface area contributed by atoms with E-state index in [0.29, 0.717) is 26.1 Å². The third-order valence-corrected chi connectivity index (χ3v) is 4.10. The first kappa shape index (κ1) is 15.8. The van der Waals surface area contributed by atoms with Crippen molar-refractivity contribution in [1.82, 2.24) is 4.90 Å². The van der Waals surface area contributed by atoms with E-state index in [0.717, 1.165) is 18.6 Å². The smallest absolute Gasteiger partial charge is 0.226 e. The number of aliphatic hydroxyl groups is 1. The van der Waals surface area contributed by atoms with Gasteiger partial charge in [-0.1, -0.05) is 19.4 Å². The van der Waals surface area contributed by atoms with Crippen LogP contribution in [0.15, 0.2) is 18.2 Å². The monoisotopic (exact) mass is 291 g/mol. The normalized spacial score (nSPS) is 16.5. The predicted octanol–water partition coefficient (Wildman–Crippen LogP) is 2.45. The fraction of sp³-hybridized carbons (Fsp3) is 0.588. The molecule has 1 fully saturated rings. The number of aryl methyl sites for hydroxylation is 2. The molecule has 0 aliphatic carbocycles. The Morgan fingerprint density at radius 2 is 2.05 bits per heavy atom. The molecule has 0 spiro atoms. The zero-order valence-electron chi connectivity index (χ0n) is 13.2. The molecule has 21 heavy (non-hydrogen) atoms. The molecule has 0 atom stereocenters. The van der Waals surface area contributed by atoms with E-state index in [-0.39, 0.29) is 5.91 Å². The average molecular weight is 291 g/mol. The molecule has 0 bridgehead atoms. The van der Waals surface area contributed by atoms with Gasteiger partial charge in [0, 0.05) is 0 Å². The number of carbonyl (C=O) groups is 1. The van der Waals surface area contributed by atoms with Crippen molar-refractivity contribution >= 4 is 5.91 Å². The second-order valence-corrected chi connectivity index (χ2v) is 6.07. The number of hydrogen-bond acceptors (Lipinski definition) is 3. The lowest BCUT2D eigenvalue weighted by atomic mass is 9.89. The Hall–Kier alpha value is -1.55. The van der Waals surface area contributed by atoms with E-state index in [2.05, 4.69) is 6.92 Å². The third kappa shape index (κ3) is 3.97. The third-order valence-electron chi connectivity index (χ3n) is 4.10. The van der Waals surface area contributed by atoms with Gasteiger partial charge in [0.15, 0.2) is 0 Å². The van der Waals surface area contributed by atoms with Gasteiger partial charge >= 0.3 is 0 Å². The molecule has 1 aromatic rings. The van der Waals surface area contributed by atoms with Gasteiger partial charge in [0.2, 0.25) is 5.91 Å². The maximum Gasteiger partial charge on any atom is 0.226 e. The number of β-amino-alcohol motifs (C(OH)–C–C–N with tert-alkyl or cyclic N) is 1. The molecular formula is C17H25NO3. The van der Waals surface area contributed by atoms with E-state index in [1.54, 1.807) is 4.90 Å². The van der Waals surface area contributed by atoms with Crippen LogP contribution in [-0.4, -0.2) is 41.2 Å². The van der Waals surface area contributed by atoms with Gasteiger partial charge in [0.1, 0.15) is 5.75 Å². The van der Waals surface area contributed by atoms with E-state index in [1.807, 2.05) is 32.0 Å². The van der Waals surface area contributed by atoms with Crippen LogP contribution in [0, 0.1) is 13.8 Å². The van der Waals surface area contributed by atoms with Crippen LogP contribution < -0.4 is 4.74 Å². The summed E-state index contributed by atoms with van der Waals surface area (Å²) in [4.78, 5) is 13.7. The van der Waals surface area contributed by atoms with E-state index in [4.69, 9.17) is 4.74 Å². The quantitative estimate of drug-likeness (QED) is 0.876. The molecule has 1 amide bonds. The minimum absolute atomic E-state index is 0.0552. The average Bonchev–Trinajstić information content (AvgIpc) is 2.40. The highest BCUT2D eigenvalue weighted by atomic mass is 16.5. The molecule has 0 aromatic heterocycles. The van der Waals surface area contributed by atoms with Crippen molar-refractivity contribution in [3.8, 4) is 5.75 Å². The van der Waals surface area contributed by atoms with Crippen LogP contribution in [0.1, 0.15) is 37.3 Å². The number of benzene rings is 1. The zero-order valence-corrected chi connectivity index (χ0v) is 13.2. The summed E-state index contributed by atoms with van der Waals surface area (Å²) < 4.78 is 5.62. The second kappa shape index (κ2) is 6.48. The van der Waals surface area contributed by atoms with Gasteiger partial charge in [-0.3, -0.25) is 4.79 Å². The minimum atomic E-state index is -0.653. The van der Waals surface area contributed by atoms with Crippen molar-refractivity contribution in [1.29, 1.82) is 0 Å². The highest BCUT2D eigenvalue weighted by Crippen LogP contribution is 2.26. The van der Waals surface area contributed by atoms with Crippen molar-refractivity contribution in [3.63, 3.8) is 0 Å². The first-order valence-corrected chi connectivity index (χ1v) is 7.64. The molecule has 1 aliphatic rings. The molecule has 1 aliphatic heterocycles. The largest absolute Gasteiger partial charge is 0.493 e. The van der Waals surface area contributed by atoms with Gasteiger partial charge in [-0.05, 0) is 43.5 Å². The first-order valence-electron chi connectivity index (χ1n) is 7.64. The SMILES string of the molecule is CCCC1(O)CN(C(=O)CCOc2ccc(C)c(C)c2)C1. The molecule has 1 heterocycles. The van der Waals surface area contributed by atoms with Crippen molar-refractivity contribution < 1.29 is 14.6 Å². The van der Waals surface area contributed by atoms with E-state index in [1.165, 1.54) is 11.1 Å². The number of hydrogen-bond donors (Lipinski definition) is 1. The summed E-state index contributed by atoms with van der Waals surface area (Å²) in [7, 11) is 0. The molecule has 116 valence electrons. The van der Waals surface area contributed by atoms with Gasteiger partial charge < -0.3 is 14.7 Å². The highest BCUT2D eigenvalue weighted by Gasteiger charge is 2.42. The van der Waals surface area contributed by atoms with Gasteiger partial charge in [-0.15, -0.1) is 0 Å². The zero-order chi connectivity index (χ0) is 15.5. The Morgan fingerprint density at radius 1 is 1.33 bits per heavy atom. The molecule has 0 radical (unpaired) electrons. The van der Waals surface area contributed by atoms with Crippen LogP contribution in [0.2, 0.25) is 0 Å². The minimum Gasteiger partial charge on any atom is -0.493 e. The molecule has 1 saturated heterocycles. The highest BCUT2D eigenvalue weighted by molar-refractivity contribution is 5.77. The van der Waals surface area contributed by atoms with Crippen LogP contribution in [0.4, 0.5) is 0 Å². The Bertz CT molecular complexity index is 507. The van der Waals surface area contributed by atoms with Gasteiger partial charge in [-0.25, -0.2) is 0 Å². The lowest BCUT2D eigenvalue weighted by Gasteiger charge is -2.46. The summed E-state index contributed by atoms with van der Waals surface area (Å²) in [5, 5.41) is 10.1. The van der Waals surface area contributed by atoms with Crippen molar-refractivity contribution in [2.24, 2.45) is 0 Å². The van der Waals surface area contributed by atoms with Crippen LogP contribution >= 0.6 is 0 Å². The standard InChI is InChI=1S/C17H25NO3/c1-4-8-17(20)11-18(12-17)16(19)7-9-21-15-6-5-13(2)14(3)10-15/h5-6,10,20H,4,7-9,11-12H2,1-3H3. The Kier molecular flexibility index (Phi) is 4.88. The number of nitrogens with zero attached hydrogens (tertiary/aromatic N) is 1. The van der Waals surface area contributed by atoms with Gasteiger partial charge in [-0.2, -0.15) is 0 Å². The number of amides is 1. The molecule has 1 N–H and O–H groups in total. The van der Waals surface area contributed by atoms with E-state index in [9.17, 15) is 9.90 Å². The molecule has 0 unspecified atom stereocenters. The number of carbonyl (C=O) groups excluding carboxylic acids is 1. The fourth-order valence-corrected chi connectivity index (χ4v) is 2.68. The topological polar surface area (TPSA) is 49.8 Å². The number of likely N-dealkylation sites (tertiary alicyclic amines) is 1. The summed E-state index contributed by atoms with van der Waals surface area (Å²) in [5.74, 6) is 0.858. The van der Waals surface area contributed by atoms with Crippen molar-refractivity contribution in [2.45, 2.75) is 45.6 Å². The molecule has 4 heteroatoms. The molecule has 0 saturated carbocycles. The number of ether oxygens (including phenoxy) is 1. The van der Waals surface area contributed by atoms with Crippen molar-refractivity contribution in [3.05, 3.63) is 29.3 Å². The summed E-state index contributed by atoms with van der Waals surface area (Å²) in [6.45, 7) is 7.45. The summed E-state index contributed by atoms with van der Waals surface area (Å²) >= 11 is 0. The summed E-state index contributed by atoms with van der Waals surface area (Å²) in [6, 6.07) is 5.94. The summed E-state index contributed by atoms with van der Waals surface area (Å²) in [6.07, 6.45) is 2.06. The van der Waals surface area contributed by atoms with E-state index >= 15 is 0 Å². The Morgan fingerprint density at radius 3 is 2.67 bits per heavy atom. The maximum atomic E-state index is 12.0. The molecular weight excluding hydrogens is 266 g/mol. The Labute approximate surface area is 126 Å². The predicted molar refractivity (Wildman–Crippen MR) is 82.5 cm³/mol. The van der Waals surface area contributed by atoms with Crippen LogP contribution in [0.25, 0.3) is 0 Å². The lowest BCUT2D eigenvalue weighted by molar-refractivity contribution is -0.157. The molecule has 1 aromatic carbocycles. The molecule has 4 nitrogen and oxygen atoms in total. The van der Waals surface area contributed by atoms with Crippen molar-refractivity contribution in [2.75, 3.05) is 19.7 Å². The maximum absolute atomic E-state index is 12.0. The Balaban J connectivity index is 1.72. The van der Waals surface area contributed by atoms with Crippen LogP contribution in [0.5, 0.6) is 5.75 Å². The fourth-order valence-electron chi connectivity index (χ4n) is 2.68. The number of rotatable bonds is 6.